The van der Waals surface area contributed by atoms with Crippen LogP contribution < -0.4 is 0 Å². The van der Waals surface area contributed by atoms with Crippen LogP contribution in [0.25, 0.3) is 0 Å². The molecule has 0 aliphatic rings. The zero-order chi connectivity index (χ0) is 10.6. The van der Waals surface area contributed by atoms with E-state index in [2.05, 4.69) is 0 Å². The standard InChI is InChI=1S/C7H17NO4S/c1-6(7(2)9)8(3)4-5-13(10,11)12/h6-7,9H,4-5H2,1-3H3,(H,10,11,12). The first-order chi connectivity index (χ1) is 5.74. The van der Waals surface area contributed by atoms with E-state index in [1.165, 1.54) is 0 Å². The number of aliphatic hydroxyl groups is 1. The van der Waals surface area contributed by atoms with E-state index >= 15 is 0 Å². The minimum atomic E-state index is -3.90. The van der Waals surface area contributed by atoms with Crippen LogP contribution in [0.5, 0.6) is 0 Å². The van der Waals surface area contributed by atoms with E-state index in [4.69, 9.17) is 9.66 Å². The minimum absolute atomic E-state index is 0.123. The van der Waals surface area contributed by atoms with Gasteiger partial charge in [0.25, 0.3) is 10.1 Å². The van der Waals surface area contributed by atoms with Crippen molar-refractivity contribution in [2.45, 2.75) is 26.0 Å². The molecule has 0 aromatic rings. The highest BCUT2D eigenvalue weighted by Crippen LogP contribution is 2.01. The van der Waals surface area contributed by atoms with Crippen molar-refractivity contribution in [2.24, 2.45) is 0 Å². The summed E-state index contributed by atoms with van der Waals surface area (Å²) in [5.74, 6) is -0.305. The average Bonchev–Trinajstić information content (AvgIpc) is 1.97. The summed E-state index contributed by atoms with van der Waals surface area (Å²) in [5.41, 5.74) is 0. The van der Waals surface area contributed by atoms with Crippen molar-refractivity contribution in [2.75, 3.05) is 19.3 Å². The lowest BCUT2D eigenvalue weighted by Crippen LogP contribution is -2.39. The predicted molar refractivity (Wildman–Crippen MR) is 50.2 cm³/mol. The number of hydrogen-bond acceptors (Lipinski definition) is 4. The highest BCUT2D eigenvalue weighted by Gasteiger charge is 2.16. The summed E-state index contributed by atoms with van der Waals surface area (Å²) >= 11 is 0. The predicted octanol–water partition coefficient (Wildman–Crippen LogP) is -0.425. The molecular weight excluding hydrogens is 194 g/mol. The number of aliphatic hydroxyl groups excluding tert-OH is 1. The molecule has 0 aliphatic heterocycles. The Balaban J connectivity index is 3.95. The molecule has 0 rings (SSSR count). The Morgan fingerprint density at radius 3 is 2.15 bits per heavy atom. The van der Waals surface area contributed by atoms with Gasteiger partial charge in [0.15, 0.2) is 0 Å². The van der Waals surface area contributed by atoms with Gasteiger partial charge in [-0.3, -0.25) is 4.55 Å². The van der Waals surface area contributed by atoms with E-state index in [-0.39, 0.29) is 18.3 Å². The monoisotopic (exact) mass is 211 g/mol. The lowest BCUT2D eigenvalue weighted by Gasteiger charge is -2.26. The van der Waals surface area contributed by atoms with Crippen LogP contribution in [0.1, 0.15) is 13.8 Å². The molecule has 2 unspecified atom stereocenters. The van der Waals surface area contributed by atoms with Crippen LogP contribution in [0.4, 0.5) is 0 Å². The maximum absolute atomic E-state index is 10.4. The number of likely N-dealkylation sites (N-methyl/N-ethyl adjacent to an activating group) is 1. The SMILES string of the molecule is CC(O)C(C)N(C)CCS(=O)(=O)O. The molecular formula is C7H17NO4S. The molecule has 0 aromatic heterocycles. The second kappa shape index (κ2) is 4.90. The molecule has 0 spiro atoms. The molecule has 0 fully saturated rings. The van der Waals surface area contributed by atoms with Crippen LogP contribution in [0.2, 0.25) is 0 Å². The third-order valence-corrected chi connectivity index (χ3v) is 2.79. The van der Waals surface area contributed by atoms with Crippen molar-refractivity contribution in [3.8, 4) is 0 Å². The average molecular weight is 211 g/mol. The Bertz CT molecular complexity index is 237. The van der Waals surface area contributed by atoms with Crippen LogP contribution in [-0.2, 0) is 10.1 Å². The van der Waals surface area contributed by atoms with Crippen LogP contribution >= 0.6 is 0 Å². The molecule has 0 aliphatic carbocycles. The molecule has 0 bridgehead atoms. The first kappa shape index (κ1) is 12.8. The van der Waals surface area contributed by atoms with Crippen molar-refractivity contribution >= 4 is 10.1 Å². The van der Waals surface area contributed by atoms with Gasteiger partial charge in [-0.1, -0.05) is 0 Å². The molecule has 0 aromatic carbocycles. The summed E-state index contributed by atoms with van der Waals surface area (Å²) < 4.78 is 29.3. The van der Waals surface area contributed by atoms with Gasteiger partial charge >= 0.3 is 0 Å². The van der Waals surface area contributed by atoms with Crippen molar-refractivity contribution in [3.63, 3.8) is 0 Å². The van der Waals surface area contributed by atoms with E-state index in [1.54, 1.807) is 25.8 Å². The minimum Gasteiger partial charge on any atom is -0.392 e. The van der Waals surface area contributed by atoms with Gasteiger partial charge in [-0.25, -0.2) is 0 Å². The second-order valence-corrected chi connectivity index (χ2v) is 4.82. The Morgan fingerprint density at radius 1 is 1.38 bits per heavy atom. The number of nitrogens with zero attached hydrogens (tertiary/aromatic N) is 1. The highest BCUT2D eigenvalue weighted by atomic mass is 32.2. The molecule has 0 saturated carbocycles. The van der Waals surface area contributed by atoms with Crippen LogP contribution in [0.15, 0.2) is 0 Å². The Labute approximate surface area is 79.1 Å². The fourth-order valence-electron chi connectivity index (χ4n) is 0.831. The summed E-state index contributed by atoms with van der Waals surface area (Å²) in [6.07, 6.45) is -0.522. The first-order valence-corrected chi connectivity index (χ1v) is 5.68. The fourth-order valence-corrected chi connectivity index (χ4v) is 1.35. The summed E-state index contributed by atoms with van der Waals surface area (Å²) in [6.45, 7) is 3.63. The summed E-state index contributed by atoms with van der Waals surface area (Å²) in [6, 6.07) is -0.123. The van der Waals surface area contributed by atoms with E-state index in [0.29, 0.717) is 0 Å². The summed E-state index contributed by atoms with van der Waals surface area (Å²) in [4.78, 5) is 1.68. The van der Waals surface area contributed by atoms with Crippen molar-refractivity contribution in [1.29, 1.82) is 0 Å². The smallest absolute Gasteiger partial charge is 0.266 e. The normalized spacial score (nSPS) is 17.4. The lowest BCUT2D eigenvalue weighted by molar-refractivity contribution is 0.0899. The maximum Gasteiger partial charge on any atom is 0.266 e. The number of hydrogen-bond donors (Lipinski definition) is 2. The Hall–Kier alpha value is -0.170. The third kappa shape index (κ3) is 5.98. The first-order valence-electron chi connectivity index (χ1n) is 4.07. The van der Waals surface area contributed by atoms with Gasteiger partial charge in [0.05, 0.1) is 11.9 Å². The summed E-state index contributed by atoms with van der Waals surface area (Å²) in [5, 5.41) is 9.17. The fraction of sp³-hybridized carbons (Fsp3) is 1.00. The van der Waals surface area contributed by atoms with Crippen LogP contribution in [0.3, 0.4) is 0 Å². The van der Waals surface area contributed by atoms with Crippen LogP contribution in [0, 0.1) is 0 Å². The zero-order valence-electron chi connectivity index (χ0n) is 8.14. The van der Waals surface area contributed by atoms with Gasteiger partial charge < -0.3 is 10.0 Å². The lowest BCUT2D eigenvalue weighted by atomic mass is 10.2. The summed E-state index contributed by atoms with van der Waals surface area (Å²) in [7, 11) is -2.20. The molecule has 2 N–H and O–H groups in total. The highest BCUT2D eigenvalue weighted by molar-refractivity contribution is 7.85. The second-order valence-electron chi connectivity index (χ2n) is 3.25. The van der Waals surface area contributed by atoms with Crippen molar-refractivity contribution in [1.82, 2.24) is 4.90 Å². The van der Waals surface area contributed by atoms with Gasteiger partial charge in [0, 0.05) is 12.6 Å². The zero-order valence-corrected chi connectivity index (χ0v) is 8.95. The van der Waals surface area contributed by atoms with Gasteiger partial charge in [-0.2, -0.15) is 8.42 Å². The van der Waals surface area contributed by atoms with E-state index in [1.807, 2.05) is 0 Å². The molecule has 2 atom stereocenters. The third-order valence-electron chi connectivity index (χ3n) is 2.10. The molecule has 0 amide bonds. The molecule has 6 heteroatoms. The van der Waals surface area contributed by atoms with Crippen molar-refractivity contribution in [3.05, 3.63) is 0 Å². The van der Waals surface area contributed by atoms with Gasteiger partial charge in [-0.05, 0) is 20.9 Å². The van der Waals surface area contributed by atoms with Crippen LogP contribution in [-0.4, -0.2) is 54.5 Å². The molecule has 13 heavy (non-hydrogen) atoms. The maximum atomic E-state index is 10.4. The quantitative estimate of drug-likeness (QED) is 0.604. The molecule has 0 saturated heterocycles. The molecule has 80 valence electrons. The van der Waals surface area contributed by atoms with Crippen molar-refractivity contribution < 1.29 is 18.1 Å². The Kier molecular flexibility index (Phi) is 4.83. The van der Waals surface area contributed by atoms with E-state index < -0.39 is 16.2 Å². The molecule has 0 heterocycles. The molecule has 0 radical (unpaired) electrons. The van der Waals surface area contributed by atoms with E-state index in [9.17, 15) is 8.42 Å². The molecule has 5 nitrogen and oxygen atoms in total. The topological polar surface area (TPSA) is 77.8 Å². The largest absolute Gasteiger partial charge is 0.392 e. The van der Waals surface area contributed by atoms with Gasteiger partial charge in [0.2, 0.25) is 0 Å². The van der Waals surface area contributed by atoms with Gasteiger partial charge in [-0.15, -0.1) is 0 Å². The number of rotatable bonds is 5. The Morgan fingerprint density at radius 2 is 1.85 bits per heavy atom. The van der Waals surface area contributed by atoms with E-state index in [0.717, 1.165) is 0 Å². The van der Waals surface area contributed by atoms with Gasteiger partial charge in [0.1, 0.15) is 0 Å².